The summed E-state index contributed by atoms with van der Waals surface area (Å²) < 4.78 is 25.4. The second kappa shape index (κ2) is 7.58. The summed E-state index contributed by atoms with van der Waals surface area (Å²) in [7, 11) is -0.716. The van der Waals surface area contributed by atoms with Gasteiger partial charge in [-0.1, -0.05) is 24.3 Å². The van der Waals surface area contributed by atoms with Crippen LogP contribution >= 0.6 is 0 Å². The van der Waals surface area contributed by atoms with Gasteiger partial charge in [-0.25, -0.2) is 12.7 Å². The first-order chi connectivity index (χ1) is 11.7. The van der Waals surface area contributed by atoms with Crippen LogP contribution in [0.25, 0.3) is 0 Å². The van der Waals surface area contributed by atoms with Crippen molar-refractivity contribution in [3.05, 3.63) is 59.7 Å². The molecule has 0 aromatic heterocycles. The van der Waals surface area contributed by atoms with Crippen molar-refractivity contribution in [2.75, 3.05) is 26.0 Å². The van der Waals surface area contributed by atoms with Crippen molar-refractivity contribution in [3.63, 3.8) is 0 Å². The monoisotopic (exact) mass is 360 g/mol. The van der Waals surface area contributed by atoms with Gasteiger partial charge >= 0.3 is 0 Å². The van der Waals surface area contributed by atoms with Crippen LogP contribution in [0.4, 0.5) is 5.69 Å². The van der Waals surface area contributed by atoms with E-state index in [-0.39, 0.29) is 23.0 Å². The van der Waals surface area contributed by atoms with E-state index in [9.17, 15) is 18.0 Å². The largest absolute Gasteiger partial charge is 0.378 e. The molecule has 0 aliphatic carbocycles. The predicted octanol–water partition coefficient (Wildman–Crippen LogP) is 2.43. The van der Waals surface area contributed by atoms with Crippen LogP contribution in [0, 0.1) is 0 Å². The number of carbonyl (C=O) groups is 2. The molecule has 0 atom stereocenters. The van der Waals surface area contributed by atoms with E-state index in [1.165, 1.54) is 33.2 Å². The summed E-state index contributed by atoms with van der Waals surface area (Å²) in [6, 6.07) is 12.8. The first-order valence-electron chi connectivity index (χ1n) is 7.62. The Bertz CT molecular complexity index is 905. The third-order valence-electron chi connectivity index (χ3n) is 3.66. The second-order valence-electron chi connectivity index (χ2n) is 5.73. The van der Waals surface area contributed by atoms with Crippen molar-refractivity contribution >= 4 is 27.3 Å². The number of carbonyl (C=O) groups excluding carboxylic acids is 2. The zero-order chi connectivity index (χ0) is 18.6. The average molecular weight is 360 g/mol. The highest BCUT2D eigenvalue weighted by molar-refractivity contribution is 7.89. The lowest BCUT2D eigenvalue weighted by Gasteiger charge is -2.12. The van der Waals surface area contributed by atoms with Crippen molar-refractivity contribution in [2.45, 2.75) is 11.8 Å². The molecule has 0 saturated heterocycles. The number of hydrogen-bond donors (Lipinski definition) is 1. The maximum absolute atomic E-state index is 12.3. The molecule has 0 heterocycles. The Morgan fingerprint density at radius 3 is 2.28 bits per heavy atom. The Morgan fingerprint density at radius 1 is 1.00 bits per heavy atom. The van der Waals surface area contributed by atoms with Gasteiger partial charge in [0.2, 0.25) is 10.0 Å². The molecule has 0 aliphatic heterocycles. The van der Waals surface area contributed by atoms with Gasteiger partial charge in [-0.05, 0) is 31.2 Å². The fourth-order valence-electron chi connectivity index (χ4n) is 2.17. The molecule has 0 amide bonds. The first-order valence-corrected chi connectivity index (χ1v) is 9.06. The van der Waals surface area contributed by atoms with Crippen LogP contribution in [-0.2, 0) is 10.0 Å². The van der Waals surface area contributed by atoms with Crippen molar-refractivity contribution < 1.29 is 18.0 Å². The summed E-state index contributed by atoms with van der Waals surface area (Å²) in [5.74, 6) is -0.305. The Hall–Kier alpha value is -2.51. The van der Waals surface area contributed by atoms with Crippen molar-refractivity contribution in [1.82, 2.24) is 4.31 Å². The van der Waals surface area contributed by atoms with E-state index < -0.39 is 10.0 Å². The van der Waals surface area contributed by atoms with Gasteiger partial charge in [-0.15, -0.1) is 0 Å². The highest BCUT2D eigenvalue weighted by atomic mass is 32.2. The van der Waals surface area contributed by atoms with Crippen LogP contribution in [-0.4, -0.2) is 44.9 Å². The van der Waals surface area contributed by atoms with Gasteiger partial charge in [0.05, 0.1) is 11.4 Å². The van der Waals surface area contributed by atoms with Crippen molar-refractivity contribution in [3.8, 4) is 0 Å². The molecule has 25 heavy (non-hydrogen) atoms. The topological polar surface area (TPSA) is 83.5 Å². The number of sulfonamides is 1. The molecule has 2 aromatic carbocycles. The molecule has 2 aromatic rings. The van der Waals surface area contributed by atoms with Crippen LogP contribution in [0.2, 0.25) is 0 Å². The number of nitrogens with one attached hydrogen (secondary N) is 1. The van der Waals surface area contributed by atoms with Crippen molar-refractivity contribution in [1.29, 1.82) is 0 Å². The summed E-state index contributed by atoms with van der Waals surface area (Å²) in [5, 5.41) is 2.96. The first kappa shape index (κ1) is 18.8. The molecular weight excluding hydrogens is 340 g/mol. The third-order valence-corrected chi connectivity index (χ3v) is 5.47. The van der Waals surface area contributed by atoms with Crippen LogP contribution in [0.3, 0.4) is 0 Å². The molecule has 0 spiro atoms. The van der Waals surface area contributed by atoms with E-state index in [1.807, 2.05) is 0 Å². The van der Waals surface area contributed by atoms with Crippen LogP contribution in [0.1, 0.15) is 27.6 Å². The van der Waals surface area contributed by atoms with E-state index in [4.69, 9.17) is 0 Å². The lowest BCUT2D eigenvalue weighted by molar-refractivity contribution is 0.100. The van der Waals surface area contributed by atoms with E-state index >= 15 is 0 Å². The number of rotatable bonds is 7. The second-order valence-corrected chi connectivity index (χ2v) is 7.88. The van der Waals surface area contributed by atoms with E-state index in [2.05, 4.69) is 5.32 Å². The van der Waals surface area contributed by atoms with Gasteiger partial charge in [-0.2, -0.15) is 0 Å². The molecule has 7 heteroatoms. The molecule has 0 fully saturated rings. The number of nitrogens with zero attached hydrogens (tertiary/aromatic N) is 1. The van der Waals surface area contributed by atoms with Gasteiger partial charge in [0.25, 0.3) is 0 Å². The Kier molecular flexibility index (Phi) is 5.71. The molecular formula is C18H20N2O4S. The summed E-state index contributed by atoms with van der Waals surface area (Å²) in [4.78, 5) is 23.8. The van der Waals surface area contributed by atoms with Gasteiger partial charge in [-0.3, -0.25) is 9.59 Å². The Morgan fingerprint density at radius 2 is 1.64 bits per heavy atom. The van der Waals surface area contributed by atoms with Gasteiger partial charge < -0.3 is 5.32 Å². The summed E-state index contributed by atoms with van der Waals surface area (Å²) in [6.07, 6.45) is 0. The number of hydrogen-bond acceptors (Lipinski definition) is 5. The smallest absolute Gasteiger partial charge is 0.242 e. The highest BCUT2D eigenvalue weighted by Crippen LogP contribution is 2.16. The lowest BCUT2D eigenvalue weighted by atomic mass is 10.1. The van der Waals surface area contributed by atoms with E-state index in [0.29, 0.717) is 16.8 Å². The SMILES string of the molecule is CC(=O)c1cccc(NCC(=O)c2cccc(S(=O)(=O)N(C)C)c2)c1. The molecule has 2 rings (SSSR count). The molecule has 132 valence electrons. The zero-order valence-electron chi connectivity index (χ0n) is 14.3. The zero-order valence-corrected chi connectivity index (χ0v) is 15.1. The molecule has 1 N–H and O–H groups in total. The molecule has 0 aliphatic rings. The van der Waals surface area contributed by atoms with Crippen LogP contribution in [0.15, 0.2) is 53.4 Å². The number of benzene rings is 2. The standard InChI is InChI=1S/C18H20N2O4S/c1-13(21)14-6-4-8-16(10-14)19-12-18(22)15-7-5-9-17(11-15)25(23,24)20(2)3/h4-11,19H,12H2,1-3H3. The summed E-state index contributed by atoms with van der Waals surface area (Å²) in [6.45, 7) is 1.47. The fraction of sp³-hybridized carbons (Fsp3) is 0.222. The summed E-state index contributed by atoms with van der Waals surface area (Å²) >= 11 is 0. The molecule has 0 unspecified atom stereocenters. The Balaban J connectivity index is 2.14. The highest BCUT2D eigenvalue weighted by Gasteiger charge is 2.18. The minimum atomic E-state index is -3.59. The van der Waals surface area contributed by atoms with E-state index in [1.54, 1.807) is 36.4 Å². The van der Waals surface area contributed by atoms with Gasteiger partial charge in [0.15, 0.2) is 11.6 Å². The summed E-state index contributed by atoms with van der Waals surface area (Å²) in [5.41, 5.74) is 1.51. The minimum absolute atomic E-state index is 0.00712. The van der Waals surface area contributed by atoms with Crippen LogP contribution in [0.5, 0.6) is 0 Å². The maximum Gasteiger partial charge on any atom is 0.242 e. The van der Waals surface area contributed by atoms with Crippen LogP contribution < -0.4 is 5.32 Å². The number of Topliss-reactive ketones (excluding diaryl/α,β-unsaturated/α-hetero) is 2. The quantitative estimate of drug-likeness (QED) is 0.767. The third kappa shape index (κ3) is 4.52. The Labute approximate surface area is 147 Å². The predicted molar refractivity (Wildman–Crippen MR) is 96.6 cm³/mol. The van der Waals surface area contributed by atoms with Crippen molar-refractivity contribution in [2.24, 2.45) is 0 Å². The minimum Gasteiger partial charge on any atom is -0.378 e. The molecule has 6 nitrogen and oxygen atoms in total. The van der Waals surface area contributed by atoms with Gasteiger partial charge in [0.1, 0.15) is 0 Å². The number of anilines is 1. The normalized spacial score (nSPS) is 11.4. The van der Waals surface area contributed by atoms with Gasteiger partial charge in [0, 0.05) is 30.9 Å². The van der Waals surface area contributed by atoms with E-state index in [0.717, 1.165) is 4.31 Å². The molecule has 0 saturated carbocycles. The maximum atomic E-state index is 12.3. The lowest BCUT2D eigenvalue weighted by Crippen LogP contribution is -2.22. The average Bonchev–Trinajstić information content (AvgIpc) is 2.59. The molecule has 0 bridgehead atoms. The number of ketones is 2. The fourth-order valence-corrected chi connectivity index (χ4v) is 3.12. The molecule has 0 radical (unpaired) electrons.